The van der Waals surface area contributed by atoms with Gasteiger partial charge in [-0.05, 0) is 29.8 Å². The highest BCUT2D eigenvalue weighted by Crippen LogP contribution is 2.21. The molecular weight excluding hydrogens is 315 g/mol. The van der Waals surface area contributed by atoms with Crippen molar-refractivity contribution in [2.75, 3.05) is 0 Å². The largest absolute Gasteiger partial charge is 0.391 e. The average molecular weight is 325 g/mol. The molecule has 0 aliphatic carbocycles. The first-order valence-corrected chi connectivity index (χ1v) is 6.65. The minimum atomic E-state index is -0.458. The molecule has 7 heteroatoms. The van der Waals surface area contributed by atoms with Crippen LogP contribution >= 0.6 is 23.2 Å². The zero-order valence-corrected chi connectivity index (χ0v) is 12.2. The summed E-state index contributed by atoms with van der Waals surface area (Å²) in [5.74, 6) is 0. The SMILES string of the molecule is O=[N+]([O-])c1ccc(/C=N/OCc2ccc(Cl)cc2Cl)cc1. The van der Waals surface area contributed by atoms with Crippen molar-refractivity contribution in [2.24, 2.45) is 5.16 Å². The van der Waals surface area contributed by atoms with Crippen molar-refractivity contribution in [1.29, 1.82) is 0 Å². The summed E-state index contributed by atoms with van der Waals surface area (Å²) in [6, 6.07) is 11.1. The maximum atomic E-state index is 10.5. The fraction of sp³-hybridized carbons (Fsp3) is 0.0714. The number of hydrogen-bond donors (Lipinski definition) is 0. The molecule has 2 rings (SSSR count). The van der Waals surface area contributed by atoms with Gasteiger partial charge < -0.3 is 4.84 Å². The van der Waals surface area contributed by atoms with Gasteiger partial charge in [-0.3, -0.25) is 10.1 Å². The third-order valence-corrected chi connectivity index (χ3v) is 3.20. The van der Waals surface area contributed by atoms with Gasteiger partial charge in [-0.25, -0.2) is 0 Å². The third-order valence-electron chi connectivity index (χ3n) is 2.62. The Morgan fingerprint density at radius 1 is 1.19 bits per heavy atom. The van der Waals surface area contributed by atoms with Gasteiger partial charge in [0.2, 0.25) is 0 Å². The topological polar surface area (TPSA) is 64.7 Å². The molecule has 2 aromatic rings. The first kappa shape index (κ1) is 15.3. The summed E-state index contributed by atoms with van der Waals surface area (Å²) in [4.78, 5) is 15.2. The van der Waals surface area contributed by atoms with Crippen LogP contribution in [0.4, 0.5) is 5.69 Å². The molecular formula is C14H10Cl2N2O3. The lowest BCUT2D eigenvalue weighted by molar-refractivity contribution is -0.384. The van der Waals surface area contributed by atoms with Crippen LogP contribution in [0.15, 0.2) is 47.6 Å². The van der Waals surface area contributed by atoms with Crippen LogP contribution in [0.2, 0.25) is 10.0 Å². The van der Waals surface area contributed by atoms with Gasteiger partial charge in [-0.2, -0.15) is 0 Å². The molecule has 0 saturated heterocycles. The number of nitro groups is 1. The van der Waals surface area contributed by atoms with Crippen LogP contribution in [-0.2, 0) is 11.4 Å². The van der Waals surface area contributed by atoms with E-state index in [0.717, 1.165) is 5.56 Å². The first-order valence-electron chi connectivity index (χ1n) is 5.90. The monoisotopic (exact) mass is 324 g/mol. The van der Waals surface area contributed by atoms with Crippen LogP contribution in [0.25, 0.3) is 0 Å². The second-order valence-corrected chi connectivity index (χ2v) is 4.94. The Bertz CT molecular complexity index is 672. The molecule has 0 heterocycles. The van der Waals surface area contributed by atoms with E-state index in [4.69, 9.17) is 28.0 Å². The Morgan fingerprint density at radius 2 is 1.90 bits per heavy atom. The molecule has 0 bridgehead atoms. The van der Waals surface area contributed by atoms with E-state index < -0.39 is 4.92 Å². The second-order valence-electron chi connectivity index (χ2n) is 4.09. The smallest absolute Gasteiger partial charge is 0.269 e. The van der Waals surface area contributed by atoms with E-state index in [0.29, 0.717) is 15.6 Å². The molecule has 108 valence electrons. The number of benzene rings is 2. The number of halogens is 2. The van der Waals surface area contributed by atoms with Crippen LogP contribution in [0.1, 0.15) is 11.1 Å². The summed E-state index contributed by atoms with van der Waals surface area (Å²) in [6.45, 7) is 0.208. The Kier molecular flexibility index (Phi) is 5.14. The zero-order chi connectivity index (χ0) is 15.2. The summed E-state index contributed by atoms with van der Waals surface area (Å²) < 4.78 is 0. The van der Waals surface area contributed by atoms with Gasteiger partial charge in [-0.15, -0.1) is 0 Å². The molecule has 2 aromatic carbocycles. The summed E-state index contributed by atoms with van der Waals surface area (Å²) in [6.07, 6.45) is 1.47. The molecule has 0 atom stereocenters. The molecule has 21 heavy (non-hydrogen) atoms. The van der Waals surface area contributed by atoms with Gasteiger partial charge >= 0.3 is 0 Å². The van der Waals surface area contributed by atoms with Crippen molar-refractivity contribution in [3.05, 3.63) is 73.8 Å². The van der Waals surface area contributed by atoms with E-state index in [2.05, 4.69) is 5.16 Å². The summed E-state index contributed by atoms with van der Waals surface area (Å²) >= 11 is 11.8. The van der Waals surface area contributed by atoms with E-state index in [1.54, 1.807) is 30.3 Å². The molecule has 0 amide bonds. The minimum Gasteiger partial charge on any atom is -0.391 e. The van der Waals surface area contributed by atoms with Gasteiger partial charge in [0.25, 0.3) is 5.69 Å². The lowest BCUT2D eigenvalue weighted by Gasteiger charge is -2.03. The van der Waals surface area contributed by atoms with Crippen LogP contribution in [0, 0.1) is 10.1 Å². The fourth-order valence-electron chi connectivity index (χ4n) is 1.53. The Labute approximate surface area is 130 Å². The number of oxime groups is 1. The molecule has 5 nitrogen and oxygen atoms in total. The summed E-state index contributed by atoms with van der Waals surface area (Å²) in [5.41, 5.74) is 1.49. The van der Waals surface area contributed by atoms with Crippen LogP contribution in [0.5, 0.6) is 0 Å². The number of rotatable bonds is 5. The Hall–Kier alpha value is -2.11. The molecule has 0 aliphatic heterocycles. The van der Waals surface area contributed by atoms with Gasteiger partial charge in [-0.1, -0.05) is 34.4 Å². The highest BCUT2D eigenvalue weighted by molar-refractivity contribution is 6.35. The highest BCUT2D eigenvalue weighted by Gasteiger charge is 2.03. The summed E-state index contributed by atoms with van der Waals surface area (Å²) in [7, 11) is 0. The lowest BCUT2D eigenvalue weighted by Crippen LogP contribution is -1.91. The van der Waals surface area contributed by atoms with Crippen LogP contribution in [0.3, 0.4) is 0 Å². The summed E-state index contributed by atoms with van der Waals surface area (Å²) in [5, 5.41) is 15.4. The predicted octanol–water partition coefficient (Wildman–Crippen LogP) is 4.45. The van der Waals surface area contributed by atoms with E-state index >= 15 is 0 Å². The van der Waals surface area contributed by atoms with E-state index in [9.17, 15) is 10.1 Å². The lowest BCUT2D eigenvalue weighted by atomic mass is 10.2. The van der Waals surface area contributed by atoms with Crippen LogP contribution in [-0.4, -0.2) is 11.1 Å². The van der Waals surface area contributed by atoms with Crippen LogP contribution < -0.4 is 0 Å². The van der Waals surface area contributed by atoms with Crippen molar-refractivity contribution in [3.63, 3.8) is 0 Å². The standard InChI is InChI=1S/C14H10Cl2N2O3/c15-12-4-3-11(14(16)7-12)9-21-17-8-10-1-5-13(6-2-10)18(19)20/h1-8H,9H2/b17-8+. The molecule has 0 saturated carbocycles. The van der Waals surface area contributed by atoms with Gasteiger partial charge in [0.15, 0.2) is 0 Å². The number of nitrogens with zero attached hydrogens (tertiary/aromatic N) is 2. The zero-order valence-electron chi connectivity index (χ0n) is 10.7. The Balaban J connectivity index is 1.92. The molecule has 0 aliphatic rings. The number of non-ortho nitro benzene ring substituents is 1. The van der Waals surface area contributed by atoms with Crippen molar-refractivity contribution in [1.82, 2.24) is 0 Å². The quantitative estimate of drug-likeness (QED) is 0.463. The molecule has 0 fully saturated rings. The molecule has 0 unspecified atom stereocenters. The molecule has 0 aromatic heterocycles. The minimum absolute atomic E-state index is 0.0287. The van der Waals surface area contributed by atoms with Crippen molar-refractivity contribution >= 4 is 35.1 Å². The van der Waals surface area contributed by atoms with E-state index in [1.165, 1.54) is 18.3 Å². The average Bonchev–Trinajstić information content (AvgIpc) is 2.46. The van der Waals surface area contributed by atoms with Crippen molar-refractivity contribution in [3.8, 4) is 0 Å². The van der Waals surface area contributed by atoms with Crippen molar-refractivity contribution in [2.45, 2.75) is 6.61 Å². The second kappa shape index (κ2) is 7.06. The maximum absolute atomic E-state index is 10.5. The molecule has 0 spiro atoms. The molecule has 0 N–H and O–H groups in total. The molecule has 0 radical (unpaired) electrons. The highest BCUT2D eigenvalue weighted by atomic mass is 35.5. The number of nitro benzene ring substituents is 1. The van der Waals surface area contributed by atoms with E-state index in [1.807, 2.05) is 0 Å². The third kappa shape index (κ3) is 4.44. The predicted molar refractivity (Wildman–Crippen MR) is 81.9 cm³/mol. The van der Waals surface area contributed by atoms with Gasteiger partial charge in [0, 0.05) is 27.7 Å². The van der Waals surface area contributed by atoms with Gasteiger partial charge in [0.1, 0.15) is 6.61 Å². The first-order chi connectivity index (χ1) is 10.1. The fourth-order valence-corrected chi connectivity index (χ4v) is 1.99. The Morgan fingerprint density at radius 3 is 2.52 bits per heavy atom. The maximum Gasteiger partial charge on any atom is 0.269 e. The van der Waals surface area contributed by atoms with Crippen molar-refractivity contribution < 1.29 is 9.76 Å². The van der Waals surface area contributed by atoms with E-state index in [-0.39, 0.29) is 12.3 Å². The normalized spacial score (nSPS) is 10.8. The van der Waals surface area contributed by atoms with Gasteiger partial charge in [0.05, 0.1) is 11.1 Å². The number of hydrogen-bond acceptors (Lipinski definition) is 4.